The number of anilines is 1. The van der Waals surface area contributed by atoms with Crippen LogP contribution in [0, 0.1) is 11.6 Å². The van der Waals surface area contributed by atoms with E-state index in [4.69, 9.17) is 4.74 Å². The molecule has 0 bridgehead atoms. The Kier molecular flexibility index (Phi) is 4.78. The predicted octanol–water partition coefficient (Wildman–Crippen LogP) is 4.93. The van der Waals surface area contributed by atoms with Gasteiger partial charge in [0.15, 0.2) is 0 Å². The average Bonchev–Trinajstić information content (AvgIpc) is 2.37. The zero-order chi connectivity index (χ0) is 15.4. The van der Waals surface area contributed by atoms with Gasteiger partial charge in [0, 0.05) is 17.8 Å². The summed E-state index contributed by atoms with van der Waals surface area (Å²) in [5.74, 6) is -0.381. The van der Waals surface area contributed by atoms with Crippen LogP contribution < -0.4 is 10.1 Å². The fraction of sp³-hybridized carbons (Fsp3) is 0.294. The van der Waals surface area contributed by atoms with Gasteiger partial charge in [-0.25, -0.2) is 8.78 Å². The highest BCUT2D eigenvalue weighted by Crippen LogP contribution is 2.23. The summed E-state index contributed by atoms with van der Waals surface area (Å²) in [7, 11) is 0. The van der Waals surface area contributed by atoms with E-state index in [0.29, 0.717) is 5.69 Å². The highest BCUT2D eigenvalue weighted by atomic mass is 19.1. The van der Waals surface area contributed by atoms with Gasteiger partial charge >= 0.3 is 0 Å². The number of ether oxygens (including phenoxy) is 1. The number of nitrogens with one attached hydrogen (secondary N) is 1. The Labute approximate surface area is 123 Å². The molecule has 0 aromatic heterocycles. The summed E-state index contributed by atoms with van der Waals surface area (Å²) in [4.78, 5) is 0. The highest BCUT2D eigenvalue weighted by Gasteiger charge is 2.08. The fourth-order valence-electron chi connectivity index (χ4n) is 2.08. The van der Waals surface area contributed by atoms with Crippen molar-refractivity contribution in [3.8, 4) is 5.75 Å². The van der Waals surface area contributed by atoms with Crippen LogP contribution in [0.1, 0.15) is 32.4 Å². The minimum absolute atomic E-state index is 0.0701. The van der Waals surface area contributed by atoms with Gasteiger partial charge in [0.2, 0.25) is 0 Å². The lowest BCUT2D eigenvalue weighted by Crippen LogP contribution is -2.08. The quantitative estimate of drug-likeness (QED) is 0.843. The van der Waals surface area contributed by atoms with Crippen LogP contribution in [0.25, 0.3) is 0 Å². The average molecular weight is 291 g/mol. The summed E-state index contributed by atoms with van der Waals surface area (Å²) in [5.41, 5.74) is 1.43. The molecule has 0 aliphatic carbocycles. The first-order chi connectivity index (χ1) is 9.94. The van der Waals surface area contributed by atoms with Crippen molar-refractivity contribution in [1.82, 2.24) is 0 Å². The molecule has 112 valence electrons. The second kappa shape index (κ2) is 6.57. The molecule has 0 aliphatic rings. The molecule has 1 atom stereocenters. The molecular weight excluding hydrogens is 272 g/mol. The van der Waals surface area contributed by atoms with E-state index >= 15 is 0 Å². The molecule has 0 radical (unpaired) electrons. The van der Waals surface area contributed by atoms with Crippen molar-refractivity contribution in [2.24, 2.45) is 0 Å². The molecular formula is C17H19F2NO. The third-order valence-electron chi connectivity index (χ3n) is 3.00. The molecule has 2 rings (SSSR count). The monoisotopic (exact) mass is 291 g/mol. The summed E-state index contributed by atoms with van der Waals surface area (Å²) in [6.07, 6.45) is 0.127. The Balaban J connectivity index is 2.07. The zero-order valence-corrected chi connectivity index (χ0v) is 12.4. The van der Waals surface area contributed by atoms with E-state index in [1.54, 1.807) is 0 Å². The van der Waals surface area contributed by atoms with E-state index in [1.807, 2.05) is 45.0 Å². The molecule has 2 aromatic rings. The minimum atomic E-state index is -0.592. The molecule has 0 fully saturated rings. The lowest BCUT2D eigenvalue weighted by molar-refractivity contribution is 0.242. The van der Waals surface area contributed by atoms with Gasteiger partial charge < -0.3 is 10.1 Å². The summed E-state index contributed by atoms with van der Waals surface area (Å²) in [5, 5.41) is 3.08. The van der Waals surface area contributed by atoms with Crippen LogP contribution in [-0.4, -0.2) is 6.10 Å². The van der Waals surface area contributed by atoms with E-state index in [0.717, 1.165) is 17.4 Å². The van der Waals surface area contributed by atoms with Crippen molar-refractivity contribution in [3.05, 3.63) is 59.7 Å². The highest BCUT2D eigenvalue weighted by molar-refractivity contribution is 5.46. The molecule has 0 saturated heterocycles. The van der Waals surface area contributed by atoms with Crippen LogP contribution in [0.2, 0.25) is 0 Å². The van der Waals surface area contributed by atoms with E-state index in [2.05, 4.69) is 5.32 Å². The first-order valence-corrected chi connectivity index (χ1v) is 6.93. The van der Waals surface area contributed by atoms with Crippen molar-refractivity contribution < 1.29 is 13.5 Å². The van der Waals surface area contributed by atoms with E-state index in [9.17, 15) is 8.78 Å². The zero-order valence-electron chi connectivity index (χ0n) is 12.4. The maximum atomic E-state index is 13.2. The number of benzene rings is 2. The Hall–Kier alpha value is -2.10. The normalized spacial score (nSPS) is 12.3. The van der Waals surface area contributed by atoms with Gasteiger partial charge in [-0.05, 0) is 50.6 Å². The number of hydrogen-bond donors (Lipinski definition) is 1. The first-order valence-electron chi connectivity index (χ1n) is 6.93. The van der Waals surface area contributed by atoms with Gasteiger partial charge in [-0.2, -0.15) is 0 Å². The van der Waals surface area contributed by atoms with Crippen molar-refractivity contribution in [2.75, 3.05) is 5.32 Å². The molecule has 1 unspecified atom stereocenters. The van der Waals surface area contributed by atoms with Gasteiger partial charge in [-0.15, -0.1) is 0 Å². The van der Waals surface area contributed by atoms with Gasteiger partial charge in [0.1, 0.15) is 17.4 Å². The molecule has 1 N–H and O–H groups in total. The van der Waals surface area contributed by atoms with Crippen LogP contribution in [0.5, 0.6) is 5.75 Å². The molecule has 2 aromatic carbocycles. The van der Waals surface area contributed by atoms with Gasteiger partial charge in [0.25, 0.3) is 0 Å². The topological polar surface area (TPSA) is 21.3 Å². The summed E-state index contributed by atoms with van der Waals surface area (Å²) < 4.78 is 31.9. The second-order valence-corrected chi connectivity index (χ2v) is 5.26. The molecule has 2 nitrogen and oxygen atoms in total. The van der Waals surface area contributed by atoms with Gasteiger partial charge in [-0.3, -0.25) is 0 Å². The third kappa shape index (κ3) is 4.45. The smallest absolute Gasteiger partial charge is 0.128 e. The molecule has 0 aliphatic heterocycles. The van der Waals surface area contributed by atoms with E-state index in [1.165, 1.54) is 12.1 Å². The molecule has 0 spiro atoms. The molecule has 0 saturated carbocycles. The lowest BCUT2D eigenvalue weighted by Gasteiger charge is -2.17. The Morgan fingerprint density at radius 2 is 1.48 bits per heavy atom. The van der Waals surface area contributed by atoms with Crippen LogP contribution in [0.4, 0.5) is 14.5 Å². The molecule has 0 amide bonds. The standard InChI is InChI=1S/C17H19F2NO/c1-11(2)21-17-6-4-13(5-7-17)12(3)20-16-9-14(18)8-15(19)10-16/h4-12,20H,1-3H3. The summed E-state index contributed by atoms with van der Waals surface area (Å²) in [6.45, 7) is 5.87. The van der Waals surface area contributed by atoms with Crippen LogP contribution in [0.15, 0.2) is 42.5 Å². The summed E-state index contributed by atoms with van der Waals surface area (Å²) in [6, 6.07) is 11.0. The van der Waals surface area contributed by atoms with E-state index < -0.39 is 11.6 Å². The Bertz CT molecular complexity index is 576. The maximum absolute atomic E-state index is 13.2. The molecule has 0 heterocycles. The number of hydrogen-bond acceptors (Lipinski definition) is 2. The Morgan fingerprint density at radius 1 is 0.905 bits per heavy atom. The van der Waals surface area contributed by atoms with Crippen molar-refractivity contribution in [1.29, 1.82) is 0 Å². The van der Waals surface area contributed by atoms with Crippen molar-refractivity contribution in [3.63, 3.8) is 0 Å². The lowest BCUT2D eigenvalue weighted by atomic mass is 10.1. The maximum Gasteiger partial charge on any atom is 0.128 e. The van der Waals surface area contributed by atoms with Crippen LogP contribution >= 0.6 is 0 Å². The number of halogens is 2. The minimum Gasteiger partial charge on any atom is -0.491 e. The van der Waals surface area contributed by atoms with E-state index in [-0.39, 0.29) is 12.1 Å². The van der Waals surface area contributed by atoms with Gasteiger partial charge in [0.05, 0.1) is 6.10 Å². The fourth-order valence-corrected chi connectivity index (χ4v) is 2.08. The summed E-state index contributed by atoms with van der Waals surface area (Å²) >= 11 is 0. The van der Waals surface area contributed by atoms with Crippen molar-refractivity contribution in [2.45, 2.75) is 32.9 Å². The largest absolute Gasteiger partial charge is 0.491 e. The van der Waals surface area contributed by atoms with Crippen molar-refractivity contribution >= 4 is 5.69 Å². The number of rotatable bonds is 5. The SMILES string of the molecule is CC(C)Oc1ccc(C(C)Nc2cc(F)cc(F)c2)cc1. The van der Waals surface area contributed by atoms with Gasteiger partial charge in [-0.1, -0.05) is 12.1 Å². The first kappa shape index (κ1) is 15.3. The predicted molar refractivity (Wildman–Crippen MR) is 80.6 cm³/mol. The van der Waals surface area contributed by atoms with Crippen LogP contribution in [0.3, 0.4) is 0 Å². The molecule has 21 heavy (non-hydrogen) atoms. The Morgan fingerprint density at radius 3 is 2.00 bits per heavy atom. The molecule has 4 heteroatoms. The second-order valence-electron chi connectivity index (χ2n) is 5.26. The van der Waals surface area contributed by atoms with Crippen LogP contribution in [-0.2, 0) is 0 Å². The third-order valence-corrected chi connectivity index (χ3v) is 3.00.